The zero-order chi connectivity index (χ0) is 18.6. The van der Waals surface area contributed by atoms with Gasteiger partial charge in [0.25, 0.3) is 5.56 Å². The minimum absolute atomic E-state index is 0.00257. The second kappa shape index (κ2) is 7.43. The first kappa shape index (κ1) is 17.9. The number of hydrogen-bond donors (Lipinski definition) is 2. The number of aromatic hydroxyl groups is 1. The van der Waals surface area contributed by atoms with Gasteiger partial charge in [-0.05, 0) is 24.1 Å². The Balaban J connectivity index is 2.59. The maximum Gasteiger partial charge on any atom is 0.331 e. The lowest BCUT2D eigenvalue weighted by Crippen LogP contribution is -2.33. The van der Waals surface area contributed by atoms with E-state index in [4.69, 9.17) is 0 Å². The predicted molar refractivity (Wildman–Crippen MR) is 90.4 cm³/mol. The van der Waals surface area contributed by atoms with Crippen LogP contribution in [0.1, 0.15) is 29.3 Å². The molecule has 2 N–H and O–H groups in total. The van der Waals surface area contributed by atoms with Gasteiger partial charge < -0.3 is 15.0 Å². The van der Waals surface area contributed by atoms with Crippen molar-refractivity contribution in [1.82, 2.24) is 9.55 Å². The molecular weight excluding hydrogens is 326 g/mol. The summed E-state index contributed by atoms with van der Waals surface area (Å²) in [6.07, 6.45) is 1.70. The van der Waals surface area contributed by atoms with Gasteiger partial charge in [-0.15, -0.1) is 6.58 Å². The number of allylic oxidation sites excluding steroid dienone is 1. The highest BCUT2D eigenvalue weighted by Gasteiger charge is 2.17. The minimum Gasteiger partial charge on any atom is -0.545 e. The Kier molecular flexibility index (Phi) is 5.33. The van der Waals surface area contributed by atoms with E-state index >= 15 is 0 Å². The average molecular weight is 342 g/mol. The summed E-state index contributed by atoms with van der Waals surface area (Å²) in [4.78, 5) is 41.1. The molecule has 0 aliphatic carbocycles. The number of carboxylic acids is 1. The van der Waals surface area contributed by atoms with Crippen LogP contribution in [0.3, 0.4) is 0 Å². The predicted octanol–water partition coefficient (Wildman–Crippen LogP) is 0.322. The van der Waals surface area contributed by atoms with Gasteiger partial charge in [0.05, 0.1) is 17.4 Å². The second-order valence-corrected chi connectivity index (χ2v) is 5.10. The number of aliphatic imine (C=N–C) groups is 1. The first-order valence-electron chi connectivity index (χ1n) is 7.45. The van der Waals surface area contributed by atoms with Gasteiger partial charge in [0, 0.05) is 6.54 Å². The molecule has 2 rings (SSSR count). The number of nitrogens with zero attached hydrogens (tertiary/aromatic N) is 2. The number of rotatable bonds is 6. The first-order chi connectivity index (χ1) is 11.9. The Morgan fingerprint density at radius 2 is 2.00 bits per heavy atom. The summed E-state index contributed by atoms with van der Waals surface area (Å²) in [7, 11) is 0. The van der Waals surface area contributed by atoms with Gasteiger partial charge in [-0.2, -0.15) is 0 Å². The van der Waals surface area contributed by atoms with Crippen LogP contribution in [-0.2, 0) is 6.54 Å². The van der Waals surface area contributed by atoms with E-state index in [1.807, 2.05) is 0 Å². The highest BCUT2D eigenvalue weighted by atomic mass is 16.4. The van der Waals surface area contributed by atoms with E-state index in [1.54, 1.807) is 6.92 Å². The smallest absolute Gasteiger partial charge is 0.331 e. The Morgan fingerprint density at radius 3 is 2.52 bits per heavy atom. The molecule has 0 saturated carbocycles. The third-order valence-electron chi connectivity index (χ3n) is 3.47. The molecule has 0 atom stereocenters. The van der Waals surface area contributed by atoms with Gasteiger partial charge in [0.1, 0.15) is 5.56 Å². The molecule has 0 spiro atoms. The number of carbonyl (C=O) groups is 1. The number of carbonyl (C=O) groups excluding carboxylic acids is 1. The van der Waals surface area contributed by atoms with Crippen LogP contribution >= 0.6 is 0 Å². The molecule has 25 heavy (non-hydrogen) atoms. The summed E-state index contributed by atoms with van der Waals surface area (Å²) in [5, 5.41) is 21.1. The molecule has 0 radical (unpaired) electrons. The van der Waals surface area contributed by atoms with Crippen LogP contribution in [0.2, 0.25) is 0 Å². The monoisotopic (exact) mass is 342 g/mol. The van der Waals surface area contributed by atoms with Crippen LogP contribution < -0.4 is 16.4 Å². The SMILES string of the molecule is C=CCn1c(O)c(C(CC)=Nc2ccc(C(=O)[O-])cc2)c(=O)[nH]c1=O. The minimum atomic E-state index is -1.31. The number of aromatic nitrogens is 2. The van der Waals surface area contributed by atoms with Crippen LogP contribution in [0.5, 0.6) is 5.88 Å². The molecule has 8 nitrogen and oxygen atoms in total. The molecule has 2 aromatic rings. The van der Waals surface area contributed by atoms with Crippen molar-refractivity contribution in [3.8, 4) is 5.88 Å². The lowest BCUT2D eigenvalue weighted by molar-refractivity contribution is -0.255. The lowest BCUT2D eigenvalue weighted by Gasteiger charge is -2.11. The van der Waals surface area contributed by atoms with Crippen molar-refractivity contribution >= 4 is 17.4 Å². The molecule has 0 aliphatic heterocycles. The fourth-order valence-electron chi connectivity index (χ4n) is 2.26. The average Bonchev–Trinajstić information content (AvgIpc) is 2.57. The van der Waals surface area contributed by atoms with E-state index in [0.29, 0.717) is 12.1 Å². The Hall–Kier alpha value is -3.42. The number of aromatic amines is 1. The number of H-pyrrole nitrogens is 1. The fourth-order valence-corrected chi connectivity index (χ4v) is 2.26. The highest BCUT2D eigenvalue weighted by Crippen LogP contribution is 2.19. The third kappa shape index (κ3) is 3.74. The van der Waals surface area contributed by atoms with Crippen LogP contribution in [0.25, 0.3) is 0 Å². The zero-order valence-electron chi connectivity index (χ0n) is 13.5. The molecule has 1 heterocycles. The summed E-state index contributed by atoms with van der Waals surface area (Å²) in [6, 6.07) is 5.55. The number of carboxylic acid groups (broad SMARTS) is 1. The van der Waals surface area contributed by atoms with Crippen LogP contribution in [0, 0.1) is 0 Å². The first-order valence-corrected chi connectivity index (χ1v) is 7.45. The quantitative estimate of drug-likeness (QED) is 0.577. The lowest BCUT2D eigenvalue weighted by atomic mass is 10.1. The van der Waals surface area contributed by atoms with Crippen molar-refractivity contribution < 1.29 is 15.0 Å². The van der Waals surface area contributed by atoms with E-state index in [-0.39, 0.29) is 23.4 Å². The summed E-state index contributed by atoms with van der Waals surface area (Å²) >= 11 is 0. The normalized spacial score (nSPS) is 11.3. The van der Waals surface area contributed by atoms with Crippen molar-refractivity contribution in [3.63, 3.8) is 0 Å². The van der Waals surface area contributed by atoms with Crippen LogP contribution in [-0.4, -0.2) is 26.3 Å². The summed E-state index contributed by atoms with van der Waals surface area (Å²) in [6.45, 7) is 5.25. The van der Waals surface area contributed by atoms with E-state index in [1.165, 1.54) is 30.3 Å². The summed E-state index contributed by atoms with van der Waals surface area (Å²) in [5.74, 6) is -1.81. The van der Waals surface area contributed by atoms with Crippen LogP contribution in [0.15, 0.2) is 51.5 Å². The van der Waals surface area contributed by atoms with E-state index in [9.17, 15) is 24.6 Å². The molecule has 130 valence electrons. The summed E-state index contributed by atoms with van der Waals surface area (Å²) in [5.41, 5.74) is -0.986. The highest BCUT2D eigenvalue weighted by molar-refractivity contribution is 6.03. The van der Waals surface area contributed by atoms with Crippen molar-refractivity contribution in [2.75, 3.05) is 0 Å². The molecule has 0 aliphatic rings. The molecule has 1 aromatic carbocycles. The number of benzene rings is 1. The summed E-state index contributed by atoms with van der Waals surface area (Å²) < 4.78 is 0.966. The Bertz CT molecular complexity index is 952. The topological polar surface area (TPSA) is 128 Å². The molecular formula is C17H16N3O5-. The second-order valence-electron chi connectivity index (χ2n) is 5.10. The fraction of sp³-hybridized carbons (Fsp3) is 0.176. The number of aromatic carboxylic acids is 1. The van der Waals surface area contributed by atoms with E-state index < -0.39 is 23.1 Å². The van der Waals surface area contributed by atoms with Gasteiger partial charge in [-0.3, -0.25) is 19.3 Å². The Morgan fingerprint density at radius 1 is 1.36 bits per heavy atom. The van der Waals surface area contributed by atoms with Gasteiger partial charge in [-0.25, -0.2) is 4.79 Å². The van der Waals surface area contributed by atoms with Crippen molar-refractivity contribution in [1.29, 1.82) is 0 Å². The van der Waals surface area contributed by atoms with Crippen molar-refractivity contribution in [3.05, 3.63) is 68.9 Å². The third-order valence-corrected chi connectivity index (χ3v) is 3.47. The Labute approximate surface area is 142 Å². The molecule has 0 fully saturated rings. The van der Waals surface area contributed by atoms with E-state index in [2.05, 4.69) is 16.6 Å². The number of nitrogens with one attached hydrogen (secondary N) is 1. The molecule has 1 aromatic heterocycles. The maximum absolute atomic E-state index is 12.1. The number of hydrogen-bond acceptors (Lipinski definition) is 6. The molecule has 0 bridgehead atoms. The van der Waals surface area contributed by atoms with Gasteiger partial charge in [-0.1, -0.05) is 25.1 Å². The maximum atomic E-state index is 12.1. The van der Waals surface area contributed by atoms with E-state index in [0.717, 1.165) is 4.57 Å². The van der Waals surface area contributed by atoms with Gasteiger partial charge in [0.2, 0.25) is 5.88 Å². The molecule has 0 unspecified atom stereocenters. The van der Waals surface area contributed by atoms with Gasteiger partial charge >= 0.3 is 5.69 Å². The molecule has 8 heteroatoms. The molecule has 0 saturated heterocycles. The van der Waals surface area contributed by atoms with Crippen LogP contribution in [0.4, 0.5) is 5.69 Å². The van der Waals surface area contributed by atoms with Gasteiger partial charge in [0.15, 0.2) is 0 Å². The zero-order valence-corrected chi connectivity index (χ0v) is 13.5. The van der Waals surface area contributed by atoms with Crippen molar-refractivity contribution in [2.45, 2.75) is 19.9 Å². The largest absolute Gasteiger partial charge is 0.545 e. The molecule has 0 amide bonds. The standard InChI is InChI=1S/C17H17N3O5/c1-3-9-20-15(22)13(14(21)19-17(20)25)12(4-2)18-11-7-5-10(6-8-11)16(23)24/h3,5-8,22H,1,4,9H2,2H3,(H,23,24)(H,19,21,25)/p-1. The van der Waals surface area contributed by atoms with Crippen molar-refractivity contribution in [2.24, 2.45) is 4.99 Å².